The van der Waals surface area contributed by atoms with Crippen LogP contribution in [0.5, 0.6) is 0 Å². The van der Waals surface area contributed by atoms with E-state index in [0.717, 1.165) is 42.8 Å². The topological polar surface area (TPSA) is 53.4 Å². The Morgan fingerprint density at radius 3 is 2.90 bits per heavy atom. The molecule has 1 aromatic heterocycles. The van der Waals surface area contributed by atoms with Crippen molar-refractivity contribution in [3.8, 4) is 0 Å². The summed E-state index contributed by atoms with van der Waals surface area (Å²) in [5.41, 5.74) is 0. The van der Waals surface area contributed by atoms with Crippen LogP contribution in [0.3, 0.4) is 0 Å². The minimum Gasteiger partial charge on any atom is -0.467 e. The molecule has 0 radical (unpaired) electrons. The lowest BCUT2D eigenvalue weighted by atomic mass is 9.92. The fraction of sp³-hybridized carbons (Fsp3) is 0.733. The molecule has 1 saturated heterocycles. The second-order valence-electron chi connectivity index (χ2n) is 5.78. The average molecular weight is 310 g/mol. The van der Waals surface area contributed by atoms with Gasteiger partial charge in [0.25, 0.3) is 0 Å². The minimum absolute atomic E-state index is 0.201. The summed E-state index contributed by atoms with van der Waals surface area (Å²) in [6.45, 7) is 1.58. The zero-order chi connectivity index (χ0) is 14.7. The molecule has 2 fully saturated rings. The predicted molar refractivity (Wildman–Crippen MR) is 80.3 cm³/mol. The number of methoxy groups -OCH3 is 1. The van der Waals surface area contributed by atoms with Gasteiger partial charge in [0.05, 0.1) is 7.11 Å². The Kier molecular flexibility index (Phi) is 4.85. The van der Waals surface area contributed by atoms with Crippen molar-refractivity contribution in [2.45, 2.75) is 48.4 Å². The van der Waals surface area contributed by atoms with Gasteiger partial charge in [0.1, 0.15) is 11.1 Å². The normalized spacial score (nSPS) is 21.2. The maximum absolute atomic E-state index is 12.1. The van der Waals surface area contributed by atoms with Crippen molar-refractivity contribution in [1.29, 1.82) is 0 Å². The first kappa shape index (κ1) is 14.9. The number of hydrogen-bond acceptors (Lipinski definition) is 5. The van der Waals surface area contributed by atoms with Crippen molar-refractivity contribution in [2.75, 3.05) is 20.3 Å². The third-order valence-electron chi connectivity index (χ3n) is 4.09. The first-order valence-electron chi connectivity index (χ1n) is 7.63. The molecule has 0 aromatic carbocycles. The highest BCUT2D eigenvalue weighted by Crippen LogP contribution is 2.38. The lowest BCUT2D eigenvalue weighted by molar-refractivity contribution is -0.145. The third kappa shape index (κ3) is 4.01. The number of ether oxygens (including phenoxy) is 2. The summed E-state index contributed by atoms with van der Waals surface area (Å²) in [4.78, 5) is 12.1. The lowest BCUT2D eigenvalue weighted by Crippen LogP contribution is -2.26. The Bertz CT molecular complexity index is 481. The van der Waals surface area contributed by atoms with Gasteiger partial charge in [-0.1, -0.05) is 0 Å². The Balaban J connectivity index is 1.67. The first-order chi connectivity index (χ1) is 10.3. The summed E-state index contributed by atoms with van der Waals surface area (Å²) >= 11 is 1.81. The summed E-state index contributed by atoms with van der Waals surface area (Å²) < 4.78 is 12.1. The van der Waals surface area contributed by atoms with Crippen LogP contribution in [0.4, 0.5) is 0 Å². The van der Waals surface area contributed by atoms with Crippen LogP contribution >= 0.6 is 11.8 Å². The fourth-order valence-corrected chi connectivity index (χ4v) is 3.65. The summed E-state index contributed by atoms with van der Waals surface area (Å²) in [7, 11) is 1.45. The molecule has 5 nitrogen and oxygen atoms in total. The fourth-order valence-electron chi connectivity index (χ4n) is 2.66. The van der Waals surface area contributed by atoms with Gasteiger partial charge in [0.2, 0.25) is 0 Å². The van der Waals surface area contributed by atoms with Gasteiger partial charge in [-0.2, -0.15) is 5.10 Å². The number of aromatic nitrogens is 2. The number of nitrogens with zero attached hydrogens (tertiary/aromatic N) is 2. The van der Waals surface area contributed by atoms with Crippen molar-refractivity contribution >= 4 is 17.7 Å². The predicted octanol–water partition coefficient (Wildman–Crippen LogP) is 2.67. The Labute approximate surface area is 129 Å². The summed E-state index contributed by atoms with van der Waals surface area (Å²) in [6.07, 6.45) is 7.27. The number of esters is 1. The Morgan fingerprint density at radius 1 is 1.48 bits per heavy atom. The van der Waals surface area contributed by atoms with Crippen molar-refractivity contribution in [3.63, 3.8) is 0 Å². The van der Waals surface area contributed by atoms with Gasteiger partial charge in [-0.05, 0) is 44.1 Å². The standard InChI is InChI=1S/C15H22N2O3S/c1-19-15(18)13(10-11-5-8-20-9-6-11)17-7-4-14(16-17)21-12-2-3-12/h4,7,11-13H,2-3,5-6,8-10H2,1H3. The number of rotatable bonds is 6. The quantitative estimate of drug-likeness (QED) is 0.756. The highest BCUT2D eigenvalue weighted by atomic mass is 32.2. The molecule has 0 bridgehead atoms. The third-order valence-corrected chi connectivity index (χ3v) is 5.35. The maximum atomic E-state index is 12.1. The van der Waals surface area contributed by atoms with Gasteiger partial charge in [-0.25, -0.2) is 4.79 Å². The van der Waals surface area contributed by atoms with Gasteiger partial charge in [-0.3, -0.25) is 4.68 Å². The second-order valence-corrected chi connectivity index (χ2v) is 7.10. The number of carbonyl (C=O) groups is 1. The zero-order valence-electron chi connectivity index (χ0n) is 12.4. The van der Waals surface area contributed by atoms with Crippen LogP contribution in [0.15, 0.2) is 17.3 Å². The van der Waals surface area contributed by atoms with E-state index >= 15 is 0 Å². The van der Waals surface area contributed by atoms with Gasteiger partial charge in [0.15, 0.2) is 0 Å². The lowest BCUT2D eigenvalue weighted by Gasteiger charge is -2.25. The van der Waals surface area contributed by atoms with Gasteiger partial charge < -0.3 is 9.47 Å². The van der Waals surface area contributed by atoms with E-state index in [9.17, 15) is 4.79 Å². The van der Waals surface area contributed by atoms with E-state index < -0.39 is 0 Å². The van der Waals surface area contributed by atoms with Crippen molar-refractivity contribution in [2.24, 2.45) is 5.92 Å². The molecular weight excluding hydrogens is 288 g/mol. The van der Waals surface area contributed by atoms with Crippen LogP contribution in [0.1, 0.15) is 38.1 Å². The molecule has 1 aliphatic heterocycles. The first-order valence-corrected chi connectivity index (χ1v) is 8.51. The maximum Gasteiger partial charge on any atom is 0.330 e. The molecule has 21 heavy (non-hydrogen) atoms. The molecule has 2 aliphatic rings. The smallest absolute Gasteiger partial charge is 0.330 e. The molecule has 1 aliphatic carbocycles. The van der Waals surface area contributed by atoms with Gasteiger partial charge in [-0.15, -0.1) is 11.8 Å². The highest BCUT2D eigenvalue weighted by molar-refractivity contribution is 8.00. The Hall–Kier alpha value is -1.01. The molecule has 1 aromatic rings. The molecule has 3 rings (SSSR count). The molecule has 0 amide bonds. The zero-order valence-corrected chi connectivity index (χ0v) is 13.2. The van der Waals surface area contributed by atoms with E-state index in [0.29, 0.717) is 5.92 Å². The molecule has 116 valence electrons. The molecule has 0 N–H and O–H groups in total. The van der Waals surface area contributed by atoms with Crippen molar-refractivity contribution < 1.29 is 14.3 Å². The van der Waals surface area contributed by atoms with Crippen molar-refractivity contribution in [1.82, 2.24) is 9.78 Å². The molecule has 1 atom stereocenters. The summed E-state index contributed by atoms with van der Waals surface area (Å²) in [5, 5.41) is 6.31. The van der Waals surface area contributed by atoms with Gasteiger partial charge >= 0.3 is 5.97 Å². The van der Waals surface area contributed by atoms with E-state index in [1.165, 1.54) is 20.0 Å². The second kappa shape index (κ2) is 6.83. The van der Waals surface area contributed by atoms with Crippen LogP contribution in [-0.4, -0.2) is 41.3 Å². The molecule has 1 saturated carbocycles. The SMILES string of the molecule is COC(=O)C(CC1CCOCC1)n1ccc(SC2CC2)n1. The Morgan fingerprint density at radius 2 is 2.24 bits per heavy atom. The monoisotopic (exact) mass is 310 g/mol. The molecule has 6 heteroatoms. The van der Waals surface area contributed by atoms with Crippen LogP contribution < -0.4 is 0 Å². The van der Waals surface area contributed by atoms with Crippen LogP contribution in [0.25, 0.3) is 0 Å². The number of carbonyl (C=O) groups excluding carboxylic acids is 1. The van der Waals surface area contributed by atoms with E-state index in [1.54, 1.807) is 4.68 Å². The molecular formula is C15H22N2O3S. The summed E-state index contributed by atoms with van der Waals surface area (Å²) in [6, 6.07) is 1.69. The highest BCUT2D eigenvalue weighted by Gasteiger charge is 2.28. The molecule has 1 unspecified atom stereocenters. The molecule has 0 spiro atoms. The van der Waals surface area contributed by atoms with Crippen molar-refractivity contribution in [3.05, 3.63) is 12.3 Å². The van der Waals surface area contributed by atoms with E-state index in [1.807, 2.05) is 24.0 Å². The average Bonchev–Trinajstić information content (AvgIpc) is 3.21. The van der Waals surface area contributed by atoms with Crippen LogP contribution in [0.2, 0.25) is 0 Å². The number of hydrogen-bond donors (Lipinski definition) is 0. The minimum atomic E-state index is -0.313. The molecule has 2 heterocycles. The van der Waals surface area contributed by atoms with E-state index in [2.05, 4.69) is 5.10 Å². The van der Waals surface area contributed by atoms with E-state index in [-0.39, 0.29) is 12.0 Å². The summed E-state index contributed by atoms with van der Waals surface area (Å²) in [5.74, 6) is 0.305. The number of thioether (sulfide) groups is 1. The van der Waals surface area contributed by atoms with E-state index in [4.69, 9.17) is 9.47 Å². The van der Waals surface area contributed by atoms with Crippen LogP contribution in [-0.2, 0) is 14.3 Å². The van der Waals surface area contributed by atoms with Gasteiger partial charge in [0, 0.05) is 24.7 Å². The largest absolute Gasteiger partial charge is 0.467 e. The van der Waals surface area contributed by atoms with Crippen LogP contribution in [0, 0.1) is 5.92 Å².